The summed E-state index contributed by atoms with van der Waals surface area (Å²) in [5.74, 6) is -0.546. The van der Waals surface area contributed by atoms with Gasteiger partial charge in [0.2, 0.25) is 11.8 Å². The van der Waals surface area contributed by atoms with E-state index in [1.165, 1.54) is 23.1 Å². The highest BCUT2D eigenvalue weighted by Crippen LogP contribution is 2.37. The molecule has 1 fully saturated rings. The second kappa shape index (κ2) is 7.64. The van der Waals surface area contributed by atoms with E-state index in [0.29, 0.717) is 15.7 Å². The molecule has 2 amide bonds. The summed E-state index contributed by atoms with van der Waals surface area (Å²) in [6.07, 6.45) is 0.119. The molecule has 0 aliphatic carbocycles. The highest BCUT2D eigenvalue weighted by Gasteiger charge is 2.40. The fraction of sp³-hybridized carbons (Fsp3) is 0.105. The van der Waals surface area contributed by atoms with Crippen LogP contribution in [0.3, 0.4) is 0 Å². The van der Waals surface area contributed by atoms with Gasteiger partial charge in [-0.1, -0.05) is 65.3 Å². The number of hydrogen-bond acceptors (Lipinski definition) is 5. The Morgan fingerprint density at radius 3 is 2.48 bits per heavy atom. The zero-order valence-corrected chi connectivity index (χ0v) is 16.9. The zero-order valence-electron chi connectivity index (χ0n) is 13.8. The van der Waals surface area contributed by atoms with Crippen molar-refractivity contribution >= 4 is 63.8 Å². The van der Waals surface area contributed by atoms with Crippen LogP contribution in [0.25, 0.3) is 11.3 Å². The van der Waals surface area contributed by atoms with Crippen molar-refractivity contribution in [2.75, 3.05) is 4.90 Å². The first-order valence-electron chi connectivity index (χ1n) is 8.02. The van der Waals surface area contributed by atoms with E-state index >= 15 is 0 Å². The first-order chi connectivity index (χ1) is 13.0. The summed E-state index contributed by atoms with van der Waals surface area (Å²) in [5.41, 5.74) is 2.28. The standard InChI is InChI=1S/C19H12Cl2N2O2S2/c20-12-6-13(21)8-14(7-12)23-17(24)9-16(18(23)25)27-19-22-15(10-26-19)11-4-2-1-3-5-11/h1-8,10,16H,9H2/t16-/m0/s1. The maximum Gasteiger partial charge on any atom is 0.247 e. The van der Waals surface area contributed by atoms with Gasteiger partial charge < -0.3 is 0 Å². The van der Waals surface area contributed by atoms with Gasteiger partial charge in [-0.05, 0) is 18.2 Å². The number of rotatable bonds is 4. The quantitative estimate of drug-likeness (QED) is 0.505. The molecule has 3 aromatic rings. The van der Waals surface area contributed by atoms with Crippen molar-refractivity contribution in [1.29, 1.82) is 0 Å². The topological polar surface area (TPSA) is 50.3 Å². The lowest BCUT2D eigenvalue weighted by Gasteiger charge is -2.15. The molecule has 4 nitrogen and oxygen atoms in total. The first kappa shape index (κ1) is 18.5. The average molecular weight is 435 g/mol. The number of anilines is 1. The molecule has 27 heavy (non-hydrogen) atoms. The SMILES string of the molecule is O=C1C[C@H](Sc2nc(-c3ccccc3)cs2)C(=O)N1c1cc(Cl)cc(Cl)c1. The molecule has 0 bridgehead atoms. The smallest absolute Gasteiger partial charge is 0.247 e. The second-order valence-electron chi connectivity index (χ2n) is 5.87. The van der Waals surface area contributed by atoms with Crippen LogP contribution in [0.4, 0.5) is 5.69 Å². The van der Waals surface area contributed by atoms with Crippen LogP contribution in [0.5, 0.6) is 0 Å². The second-order valence-corrected chi connectivity index (χ2v) is 9.05. The van der Waals surface area contributed by atoms with Gasteiger partial charge in [-0.3, -0.25) is 9.59 Å². The third kappa shape index (κ3) is 3.89. The fourth-order valence-electron chi connectivity index (χ4n) is 2.81. The zero-order chi connectivity index (χ0) is 19.0. The van der Waals surface area contributed by atoms with Gasteiger partial charge in [-0.15, -0.1) is 11.3 Å². The molecule has 0 saturated carbocycles. The van der Waals surface area contributed by atoms with Crippen LogP contribution in [-0.2, 0) is 9.59 Å². The molecule has 1 atom stereocenters. The molecule has 2 aromatic carbocycles. The predicted molar refractivity (Wildman–Crippen MR) is 111 cm³/mol. The van der Waals surface area contributed by atoms with Crippen LogP contribution in [0.15, 0.2) is 58.3 Å². The summed E-state index contributed by atoms with van der Waals surface area (Å²) in [6, 6.07) is 14.5. The first-order valence-corrected chi connectivity index (χ1v) is 10.5. The van der Waals surface area contributed by atoms with Gasteiger partial charge in [0, 0.05) is 27.4 Å². The van der Waals surface area contributed by atoms with Crippen molar-refractivity contribution in [2.24, 2.45) is 0 Å². The number of halogens is 2. The normalized spacial score (nSPS) is 17.0. The summed E-state index contributed by atoms with van der Waals surface area (Å²) >= 11 is 14.8. The van der Waals surface area contributed by atoms with E-state index in [9.17, 15) is 9.59 Å². The summed E-state index contributed by atoms with van der Waals surface area (Å²) < 4.78 is 0.756. The van der Waals surface area contributed by atoms with E-state index in [4.69, 9.17) is 23.2 Å². The van der Waals surface area contributed by atoms with Crippen molar-refractivity contribution in [3.05, 3.63) is 64.0 Å². The van der Waals surface area contributed by atoms with E-state index in [1.54, 1.807) is 18.2 Å². The Hall–Kier alpha value is -1.86. The van der Waals surface area contributed by atoms with Gasteiger partial charge in [0.1, 0.15) is 5.25 Å². The van der Waals surface area contributed by atoms with Crippen molar-refractivity contribution in [3.8, 4) is 11.3 Å². The number of thiazole rings is 1. The highest BCUT2D eigenvalue weighted by molar-refractivity contribution is 8.02. The minimum absolute atomic E-state index is 0.119. The monoisotopic (exact) mass is 434 g/mol. The Morgan fingerprint density at radius 2 is 1.78 bits per heavy atom. The Balaban J connectivity index is 1.53. The highest BCUT2D eigenvalue weighted by atomic mass is 35.5. The molecule has 0 radical (unpaired) electrons. The van der Waals surface area contributed by atoms with Crippen molar-refractivity contribution in [3.63, 3.8) is 0 Å². The van der Waals surface area contributed by atoms with Crippen LogP contribution >= 0.6 is 46.3 Å². The molecule has 2 heterocycles. The third-order valence-corrected chi connectivity index (χ3v) is 6.60. The van der Waals surface area contributed by atoms with E-state index in [1.807, 2.05) is 35.7 Å². The van der Waals surface area contributed by atoms with E-state index < -0.39 is 5.25 Å². The van der Waals surface area contributed by atoms with Crippen LogP contribution in [0.2, 0.25) is 10.0 Å². The van der Waals surface area contributed by atoms with E-state index in [2.05, 4.69) is 4.98 Å². The molecule has 1 aliphatic heterocycles. The number of thioether (sulfide) groups is 1. The number of nitrogens with zero attached hydrogens (tertiary/aromatic N) is 2. The molecule has 1 aromatic heterocycles. The van der Waals surface area contributed by atoms with Crippen LogP contribution in [-0.4, -0.2) is 22.0 Å². The summed E-state index contributed by atoms with van der Waals surface area (Å²) in [6.45, 7) is 0. The number of carbonyl (C=O) groups excluding carboxylic acids is 2. The maximum absolute atomic E-state index is 12.8. The Kier molecular flexibility index (Phi) is 5.23. The van der Waals surface area contributed by atoms with E-state index in [0.717, 1.165) is 20.5 Å². The average Bonchev–Trinajstić information content (AvgIpc) is 3.20. The summed E-state index contributed by atoms with van der Waals surface area (Å²) in [5, 5.41) is 2.20. The third-order valence-electron chi connectivity index (χ3n) is 4.01. The molecule has 1 saturated heterocycles. The lowest BCUT2D eigenvalue weighted by Crippen LogP contribution is -2.31. The lowest BCUT2D eigenvalue weighted by molar-refractivity contribution is -0.121. The van der Waals surface area contributed by atoms with Crippen molar-refractivity contribution < 1.29 is 9.59 Å². The van der Waals surface area contributed by atoms with Gasteiger partial charge in [0.25, 0.3) is 0 Å². The van der Waals surface area contributed by atoms with Crippen LogP contribution in [0.1, 0.15) is 6.42 Å². The van der Waals surface area contributed by atoms with Crippen LogP contribution in [0, 0.1) is 0 Å². The van der Waals surface area contributed by atoms with Gasteiger partial charge in [0.15, 0.2) is 4.34 Å². The Labute approximate surface area is 174 Å². The van der Waals surface area contributed by atoms with Crippen molar-refractivity contribution in [2.45, 2.75) is 16.0 Å². The number of aromatic nitrogens is 1. The minimum Gasteiger partial charge on any atom is -0.274 e. The van der Waals surface area contributed by atoms with Gasteiger partial charge in [-0.2, -0.15) is 0 Å². The molecule has 136 valence electrons. The maximum atomic E-state index is 12.8. The molecule has 0 spiro atoms. The Bertz CT molecular complexity index is 1000. The Morgan fingerprint density at radius 1 is 1.07 bits per heavy atom. The molecule has 1 aliphatic rings. The number of benzene rings is 2. The summed E-state index contributed by atoms with van der Waals surface area (Å²) in [4.78, 5) is 31.0. The lowest BCUT2D eigenvalue weighted by atomic mass is 10.2. The molecule has 0 N–H and O–H groups in total. The number of imide groups is 1. The number of hydrogen-bond donors (Lipinski definition) is 0. The van der Waals surface area contributed by atoms with E-state index in [-0.39, 0.29) is 18.2 Å². The predicted octanol–water partition coefficient (Wildman–Crippen LogP) is 5.54. The number of carbonyl (C=O) groups is 2. The molecular formula is C19H12Cl2N2O2S2. The van der Waals surface area contributed by atoms with Gasteiger partial charge in [0.05, 0.1) is 11.4 Å². The molecule has 0 unspecified atom stereocenters. The van der Waals surface area contributed by atoms with Gasteiger partial charge in [-0.25, -0.2) is 9.88 Å². The fourth-order valence-corrected chi connectivity index (χ4v) is 5.42. The molecule has 4 rings (SSSR count). The van der Waals surface area contributed by atoms with Crippen LogP contribution < -0.4 is 4.90 Å². The minimum atomic E-state index is -0.509. The summed E-state index contributed by atoms with van der Waals surface area (Å²) in [7, 11) is 0. The molecule has 8 heteroatoms. The molecular weight excluding hydrogens is 423 g/mol. The van der Waals surface area contributed by atoms with Crippen molar-refractivity contribution in [1.82, 2.24) is 4.98 Å². The largest absolute Gasteiger partial charge is 0.274 e. The number of amides is 2. The van der Waals surface area contributed by atoms with Gasteiger partial charge >= 0.3 is 0 Å².